The van der Waals surface area contributed by atoms with E-state index in [4.69, 9.17) is 5.73 Å². The Morgan fingerprint density at radius 3 is 2.61 bits per heavy atom. The summed E-state index contributed by atoms with van der Waals surface area (Å²) in [5.74, 6) is -0.0183. The Morgan fingerprint density at radius 2 is 2.00 bits per heavy atom. The minimum atomic E-state index is -0.151. The van der Waals surface area contributed by atoms with Crippen LogP contribution in [0.25, 0.3) is 0 Å². The lowest BCUT2D eigenvalue weighted by atomic mass is 9.93. The van der Waals surface area contributed by atoms with E-state index in [2.05, 4.69) is 5.32 Å². The van der Waals surface area contributed by atoms with Crippen LogP contribution in [0.15, 0.2) is 18.2 Å². The topological polar surface area (TPSA) is 75.3 Å². The lowest BCUT2D eigenvalue weighted by Crippen LogP contribution is -2.28. The molecular formula is C14H20N2O2. The third-order valence-corrected chi connectivity index (χ3v) is 3.50. The minimum absolute atomic E-state index is 0.0183. The summed E-state index contributed by atoms with van der Waals surface area (Å²) < 4.78 is 0. The second-order valence-corrected chi connectivity index (χ2v) is 5.01. The number of ketones is 1. The zero-order valence-electron chi connectivity index (χ0n) is 10.6. The molecule has 1 aliphatic carbocycles. The molecular weight excluding hydrogens is 228 g/mol. The number of nitrogens with one attached hydrogen (secondary N) is 1. The lowest BCUT2D eigenvalue weighted by molar-refractivity contribution is 0.101. The molecule has 1 aliphatic rings. The highest BCUT2D eigenvalue weighted by atomic mass is 16.3. The Hall–Kier alpha value is -1.55. The minimum Gasteiger partial charge on any atom is -0.398 e. The molecule has 0 unspecified atom stereocenters. The number of anilines is 2. The maximum absolute atomic E-state index is 11.4. The van der Waals surface area contributed by atoms with Crippen LogP contribution in [-0.4, -0.2) is 23.0 Å². The van der Waals surface area contributed by atoms with Gasteiger partial charge < -0.3 is 16.2 Å². The molecule has 0 saturated heterocycles. The number of hydrogen-bond acceptors (Lipinski definition) is 4. The van der Waals surface area contributed by atoms with Crippen LogP contribution in [0.1, 0.15) is 43.0 Å². The second kappa shape index (κ2) is 5.40. The van der Waals surface area contributed by atoms with Crippen LogP contribution in [0.2, 0.25) is 0 Å². The van der Waals surface area contributed by atoms with Crippen LogP contribution < -0.4 is 11.1 Å². The molecule has 4 nitrogen and oxygen atoms in total. The summed E-state index contributed by atoms with van der Waals surface area (Å²) in [6.45, 7) is 1.52. The number of Topliss-reactive ketones (excluding diaryl/α,β-unsaturated/α-hetero) is 1. The first-order valence-corrected chi connectivity index (χ1v) is 6.41. The summed E-state index contributed by atoms with van der Waals surface area (Å²) in [5, 5.41) is 12.9. The van der Waals surface area contributed by atoms with E-state index < -0.39 is 0 Å². The predicted octanol–water partition coefficient (Wildman–Crippen LogP) is 2.19. The van der Waals surface area contributed by atoms with Gasteiger partial charge in [0.15, 0.2) is 5.78 Å². The molecule has 1 aromatic carbocycles. The highest BCUT2D eigenvalue weighted by Gasteiger charge is 2.19. The molecule has 0 amide bonds. The monoisotopic (exact) mass is 248 g/mol. The number of aliphatic hydroxyl groups excluding tert-OH is 1. The zero-order chi connectivity index (χ0) is 13.1. The number of carbonyl (C=O) groups excluding carboxylic acids is 1. The summed E-state index contributed by atoms with van der Waals surface area (Å²) in [6, 6.07) is 5.84. The molecule has 2 rings (SSSR count). The molecule has 4 N–H and O–H groups in total. The molecule has 0 radical (unpaired) electrons. The average Bonchev–Trinajstić information content (AvgIpc) is 2.34. The SMILES string of the molecule is CC(=O)c1cc(NC2CCC(O)CC2)ccc1N. The van der Waals surface area contributed by atoms with E-state index in [0.29, 0.717) is 17.3 Å². The summed E-state index contributed by atoms with van der Waals surface area (Å²) in [4.78, 5) is 11.4. The first-order chi connectivity index (χ1) is 8.56. The molecule has 4 heteroatoms. The smallest absolute Gasteiger partial charge is 0.161 e. The van der Waals surface area contributed by atoms with Gasteiger partial charge in [0, 0.05) is 23.0 Å². The maximum atomic E-state index is 11.4. The van der Waals surface area contributed by atoms with Gasteiger partial charge in [0.2, 0.25) is 0 Å². The molecule has 0 aromatic heterocycles. The Morgan fingerprint density at radius 1 is 1.33 bits per heavy atom. The van der Waals surface area contributed by atoms with E-state index in [-0.39, 0.29) is 11.9 Å². The standard InChI is InChI=1S/C14H20N2O2/c1-9(17)13-8-11(4-7-14(13)15)16-10-2-5-12(18)6-3-10/h4,7-8,10,12,16,18H,2-3,5-6,15H2,1H3. The van der Waals surface area contributed by atoms with E-state index in [1.165, 1.54) is 6.92 Å². The van der Waals surface area contributed by atoms with Crippen molar-refractivity contribution in [1.82, 2.24) is 0 Å². The number of hydrogen-bond donors (Lipinski definition) is 3. The third kappa shape index (κ3) is 3.01. The van der Waals surface area contributed by atoms with Crippen LogP contribution >= 0.6 is 0 Å². The molecule has 0 aliphatic heterocycles. The van der Waals surface area contributed by atoms with Gasteiger partial charge in [-0.3, -0.25) is 4.79 Å². The van der Waals surface area contributed by atoms with Gasteiger partial charge >= 0.3 is 0 Å². The van der Waals surface area contributed by atoms with Crippen molar-refractivity contribution >= 4 is 17.2 Å². The summed E-state index contributed by atoms with van der Waals surface area (Å²) in [6.07, 6.45) is 3.45. The van der Waals surface area contributed by atoms with Crippen molar-refractivity contribution in [1.29, 1.82) is 0 Å². The summed E-state index contributed by atoms with van der Waals surface area (Å²) >= 11 is 0. The van der Waals surface area contributed by atoms with Crippen LogP contribution in [0.5, 0.6) is 0 Å². The number of nitrogens with two attached hydrogens (primary N) is 1. The van der Waals surface area contributed by atoms with Crippen molar-refractivity contribution < 1.29 is 9.90 Å². The third-order valence-electron chi connectivity index (χ3n) is 3.50. The number of benzene rings is 1. The lowest BCUT2D eigenvalue weighted by Gasteiger charge is -2.27. The van der Waals surface area contributed by atoms with E-state index in [9.17, 15) is 9.90 Å². The fourth-order valence-corrected chi connectivity index (χ4v) is 2.41. The van der Waals surface area contributed by atoms with Gasteiger partial charge in [-0.2, -0.15) is 0 Å². The molecule has 0 atom stereocenters. The van der Waals surface area contributed by atoms with E-state index in [1.807, 2.05) is 12.1 Å². The second-order valence-electron chi connectivity index (χ2n) is 5.01. The molecule has 18 heavy (non-hydrogen) atoms. The number of carbonyl (C=O) groups is 1. The van der Waals surface area contributed by atoms with E-state index in [0.717, 1.165) is 31.4 Å². The van der Waals surface area contributed by atoms with Gasteiger partial charge in [0.05, 0.1) is 6.10 Å². The highest BCUT2D eigenvalue weighted by molar-refractivity contribution is 6.00. The largest absolute Gasteiger partial charge is 0.398 e. The first kappa shape index (κ1) is 12.9. The number of nitrogen functional groups attached to an aromatic ring is 1. The van der Waals surface area contributed by atoms with Crippen LogP contribution in [-0.2, 0) is 0 Å². The zero-order valence-corrected chi connectivity index (χ0v) is 10.6. The van der Waals surface area contributed by atoms with E-state index >= 15 is 0 Å². The van der Waals surface area contributed by atoms with Crippen molar-refractivity contribution in [2.75, 3.05) is 11.1 Å². The Bertz CT molecular complexity index is 437. The Balaban J connectivity index is 2.05. The van der Waals surface area contributed by atoms with Crippen LogP contribution in [0.4, 0.5) is 11.4 Å². The van der Waals surface area contributed by atoms with Crippen molar-refractivity contribution in [2.24, 2.45) is 0 Å². The highest BCUT2D eigenvalue weighted by Crippen LogP contribution is 2.24. The van der Waals surface area contributed by atoms with Crippen LogP contribution in [0, 0.1) is 0 Å². The molecule has 0 spiro atoms. The predicted molar refractivity (Wildman–Crippen MR) is 72.7 cm³/mol. The molecule has 1 saturated carbocycles. The van der Waals surface area contributed by atoms with Gasteiger partial charge in [0.1, 0.15) is 0 Å². The molecule has 0 heterocycles. The fraction of sp³-hybridized carbons (Fsp3) is 0.500. The van der Waals surface area contributed by atoms with Gasteiger partial charge in [-0.05, 0) is 50.8 Å². The van der Waals surface area contributed by atoms with Crippen molar-refractivity contribution in [3.8, 4) is 0 Å². The van der Waals surface area contributed by atoms with Gasteiger partial charge in [-0.15, -0.1) is 0 Å². The van der Waals surface area contributed by atoms with Crippen LogP contribution in [0.3, 0.4) is 0 Å². The molecule has 98 valence electrons. The van der Waals surface area contributed by atoms with E-state index in [1.54, 1.807) is 6.07 Å². The summed E-state index contributed by atoms with van der Waals surface area (Å²) in [7, 11) is 0. The summed E-state index contributed by atoms with van der Waals surface area (Å²) in [5.41, 5.74) is 7.77. The first-order valence-electron chi connectivity index (χ1n) is 6.41. The maximum Gasteiger partial charge on any atom is 0.161 e. The molecule has 0 bridgehead atoms. The normalized spacial score (nSPS) is 23.7. The quantitative estimate of drug-likeness (QED) is 0.566. The Labute approximate surface area is 107 Å². The molecule has 1 fully saturated rings. The van der Waals surface area contributed by atoms with Crippen molar-refractivity contribution in [2.45, 2.75) is 44.8 Å². The number of rotatable bonds is 3. The van der Waals surface area contributed by atoms with Gasteiger partial charge in [-0.25, -0.2) is 0 Å². The van der Waals surface area contributed by atoms with Gasteiger partial charge in [0.25, 0.3) is 0 Å². The Kier molecular flexibility index (Phi) is 3.87. The average molecular weight is 248 g/mol. The van der Waals surface area contributed by atoms with Gasteiger partial charge in [-0.1, -0.05) is 0 Å². The van der Waals surface area contributed by atoms with Crippen molar-refractivity contribution in [3.63, 3.8) is 0 Å². The van der Waals surface area contributed by atoms with Crippen molar-refractivity contribution in [3.05, 3.63) is 23.8 Å². The number of aliphatic hydroxyl groups is 1. The molecule has 1 aromatic rings. The fourth-order valence-electron chi connectivity index (χ4n) is 2.41.